The van der Waals surface area contributed by atoms with Gasteiger partial charge >= 0.3 is 12.1 Å². The smallest absolute Gasteiger partial charge is 0.412 e. The highest BCUT2D eigenvalue weighted by atomic mass is 16.9. The first-order valence-electron chi connectivity index (χ1n) is 7.80. The Morgan fingerprint density at radius 2 is 2.08 bits per heavy atom. The Kier molecular flexibility index (Phi) is 8.17. The van der Waals surface area contributed by atoms with Gasteiger partial charge in [-0.2, -0.15) is 0 Å². The number of aliphatic carboxylic acids is 1. The topological polar surface area (TPSA) is 128 Å². The van der Waals surface area contributed by atoms with Crippen LogP contribution in [0.4, 0.5) is 4.79 Å². The third-order valence-electron chi connectivity index (χ3n) is 3.25. The Balaban J connectivity index is 2.53. The normalized spacial score (nSPS) is 11.6. The second-order valence-corrected chi connectivity index (χ2v) is 6.01. The molecule has 9 nitrogen and oxygen atoms in total. The molecule has 9 heteroatoms. The van der Waals surface area contributed by atoms with Crippen LogP contribution in [0, 0.1) is 22.0 Å². The van der Waals surface area contributed by atoms with Crippen LogP contribution in [0.3, 0.4) is 0 Å². The quantitative estimate of drug-likeness (QED) is 0.488. The zero-order chi connectivity index (χ0) is 18.8. The van der Waals surface area contributed by atoms with E-state index in [1.165, 1.54) is 12.1 Å². The Morgan fingerprint density at radius 3 is 2.68 bits per heavy atom. The molecule has 0 saturated heterocycles. The maximum absolute atomic E-state index is 11.8. The Bertz CT molecular complexity index is 604. The van der Waals surface area contributed by atoms with Crippen LogP contribution in [0.5, 0.6) is 5.75 Å². The number of carboxylic acids is 1. The lowest BCUT2D eigenvalue weighted by atomic mass is 9.94. The van der Waals surface area contributed by atoms with E-state index in [1.54, 1.807) is 12.1 Å². The Hall–Kier alpha value is -2.84. The van der Waals surface area contributed by atoms with Gasteiger partial charge in [0.05, 0.1) is 0 Å². The lowest BCUT2D eigenvalue weighted by molar-refractivity contribution is -0.763. The van der Waals surface area contributed by atoms with Crippen molar-refractivity contribution in [2.24, 2.45) is 11.8 Å². The first kappa shape index (κ1) is 20.2. The first-order valence-corrected chi connectivity index (χ1v) is 7.80. The molecule has 0 aliphatic heterocycles. The molecule has 0 saturated carbocycles. The molecule has 0 heterocycles. The van der Waals surface area contributed by atoms with E-state index in [1.807, 2.05) is 13.8 Å². The molecule has 25 heavy (non-hydrogen) atoms. The van der Waals surface area contributed by atoms with Gasteiger partial charge in [-0.1, -0.05) is 26.0 Å². The third kappa shape index (κ3) is 9.14. The van der Waals surface area contributed by atoms with Gasteiger partial charge in [0.15, 0.2) is 0 Å². The molecule has 2 N–H and O–H groups in total. The summed E-state index contributed by atoms with van der Waals surface area (Å²) in [5, 5.41) is 20.7. The zero-order valence-corrected chi connectivity index (χ0v) is 14.1. The highest BCUT2D eigenvalue weighted by molar-refractivity contribution is 5.70. The van der Waals surface area contributed by atoms with Gasteiger partial charge in [0.2, 0.25) is 0 Å². The summed E-state index contributed by atoms with van der Waals surface area (Å²) in [6.07, 6.45) is -0.0848. The molecular weight excluding hydrogens is 332 g/mol. The number of carbonyl (C=O) groups excluding carboxylic acids is 1. The number of carbonyl (C=O) groups is 2. The Labute approximate surface area is 145 Å². The van der Waals surface area contributed by atoms with Gasteiger partial charge in [-0.3, -0.25) is 4.79 Å². The summed E-state index contributed by atoms with van der Waals surface area (Å²) in [5.41, 5.74) is 0.477. The fourth-order valence-corrected chi connectivity index (χ4v) is 2.35. The van der Waals surface area contributed by atoms with E-state index >= 15 is 0 Å². The second-order valence-electron chi connectivity index (χ2n) is 6.01. The average Bonchev–Trinajstić information content (AvgIpc) is 2.50. The van der Waals surface area contributed by atoms with Crippen molar-refractivity contribution in [1.29, 1.82) is 0 Å². The maximum Gasteiger partial charge on any atom is 0.412 e. The van der Waals surface area contributed by atoms with Gasteiger partial charge in [0.1, 0.15) is 12.4 Å². The summed E-state index contributed by atoms with van der Waals surface area (Å²) < 4.78 is 5.10. The molecule has 0 fully saturated rings. The van der Waals surface area contributed by atoms with Crippen LogP contribution in [0.15, 0.2) is 24.3 Å². The molecule has 0 aliphatic carbocycles. The number of nitrogens with one attached hydrogen (secondary N) is 1. The van der Waals surface area contributed by atoms with Crippen LogP contribution in [-0.4, -0.2) is 28.8 Å². The van der Waals surface area contributed by atoms with Crippen molar-refractivity contribution < 1.29 is 29.4 Å². The first-order chi connectivity index (χ1) is 11.8. The van der Waals surface area contributed by atoms with Crippen molar-refractivity contribution >= 4 is 12.1 Å². The van der Waals surface area contributed by atoms with Gasteiger partial charge in [-0.25, -0.2) is 4.79 Å². The Morgan fingerprint density at radius 1 is 1.36 bits per heavy atom. The van der Waals surface area contributed by atoms with E-state index in [-0.39, 0.29) is 31.2 Å². The molecule has 1 rings (SSSR count). The number of nitrogens with zero attached hydrogens (tertiary/aromatic N) is 1. The lowest BCUT2D eigenvalue weighted by Crippen LogP contribution is -2.33. The van der Waals surface area contributed by atoms with E-state index in [2.05, 4.69) is 10.2 Å². The molecule has 0 radical (unpaired) electrons. The second kappa shape index (κ2) is 10.1. The fourth-order valence-electron chi connectivity index (χ4n) is 2.35. The van der Waals surface area contributed by atoms with Crippen LogP contribution in [0.2, 0.25) is 0 Å². The van der Waals surface area contributed by atoms with Crippen LogP contribution in [0.1, 0.15) is 32.3 Å². The van der Waals surface area contributed by atoms with Gasteiger partial charge < -0.3 is 20.0 Å². The van der Waals surface area contributed by atoms with Crippen LogP contribution < -0.4 is 10.1 Å². The van der Waals surface area contributed by atoms with Crippen LogP contribution in [0.25, 0.3) is 0 Å². The summed E-state index contributed by atoms with van der Waals surface area (Å²) in [4.78, 5) is 37.2. The zero-order valence-electron chi connectivity index (χ0n) is 14.1. The minimum Gasteiger partial charge on any atom is -0.481 e. The molecule has 0 spiro atoms. The number of hydrogen-bond donors (Lipinski definition) is 2. The molecule has 1 aromatic rings. The minimum atomic E-state index is -0.917. The fraction of sp³-hybridized carbons (Fsp3) is 0.500. The molecule has 1 unspecified atom stereocenters. The van der Waals surface area contributed by atoms with Gasteiger partial charge in [-0.05, 0) is 36.0 Å². The molecule has 1 atom stereocenters. The molecule has 0 aliphatic rings. The largest absolute Gasteiger partial charge is 0.481 e. The van der Waals surface area contributed by atoms with E-state index in [0.29, 0.717) is 17.9 Å². The van der Waals surface area contributed by atoms with Crippen molar-refractivity contribution in [1.82, 2.24) is 5.32 Å². The summed E-state index contributed by atoms with van der Waals surface area (Å²) in [7, 11) is 0. The molecule has 1 aromatic carbocycles. The van der Waals surface area contributed by atoms with Crippen molar-refractivity contribution in [3.63, 3.8) is 0 Å². The number of rotatable bonds is 10. The van der Waals surface area contributed by atoms with E-state index in [4.69, 9.17) is 9.84 Å². The molecule has 0 aromatic heterocycles. The van der Waals surface area contributed by atoms with Crippen LogP contribution >= 0.6 is 0 Å². The molecule has 1 amide bonds. The monoisotopic (exact) mass is 354 g/mol. The van der Waals surface area contributed by atoms with Crippen molar-refractivity contribution in [2.75, 3.05) is 6.54 Å². The standard InChI is InChI=1S/C16H22N2O7/c1-11(2)6-13(8-15(19)20)9-17-16(21)25-14-5-3-4-12(7-14)10-24-18(22)23/h3-5,7,11,13H,6,8-10H2,1-2H3,(H,17,21)(H,19,20). The predicted octanol–water partition coefficient (Wildman–Crippen LogP) is 2.62. The number of benzene rings is 1. The van der Waals surface area contributed by atoms with Crippen molar-refractivity contribution in [3.05, 3.63) is 39.9 Å². The van der Waals surface area contributed by atoms with Gasteiger partial charge in [0, 0.05) is 13.0 Å². The third-order valence-corrected chi connectivity index (χ3v) is 3.25. The molecule has 138 valence electrons. The van der Waals surface area contributed by atoms with E-state index < -0.39 is 17.1 Å². The van der Waals surface area contributed by atoms with E-state index in [0.717, 1.165) is 0 Å². The van der Waals surface area contributed by atoms with Gasteiger partial charge in [-0.15, -0.1) is 10.1 Å². The van der Waals surface area contributed by atoms with E-state index in [9.17, 15) is 19.7 Å². The predicted molar refractivity (Wildman–Crippen MR) is 87.4 cm³/mol. The lowest BCUT2D eigenvalue weighted by Gasteiger charge is -2.17. The summed E-state index contributed by atoms with van der Waals surface area (Å²) in [5.74, 6) is -0.592. The number of carboxylic acid groups (broad SMARTS) is 1. The molecule has 0 bridgehead atoms. The van der Waals surface area contributed by atoms with Crippen molar-refractivity contribution in [2.45, 2.75) is 33.3 Å². The minimum absolute atomic E-state index is 0.0355. The SMILES string of the molecule is CC(C)CC(CNC(=O)Oc1cccc(CO[N+](=O)[O-])c1)CC(=O)O. The van der Waals surface area contributed by atoms with Gasteiger partial charge in [0.25, 0.3) is 5.09 Å². The maximum atomic E-state index is 11.8. The summed E-state index contributed by atoms with van der Waals surface area (Å²) in [6.45, 7) is 3.89. The van der Waals surface area contributed by atoms with Crippen LogP contribution in [-0.2, 0) is 16.2 Å². The number of hydrogen-bond acceptors (Lipinski definition) is 6. The highest BCUT2D eigenvalue weighted by Gasteiger charge is 2.16. The average molecular weight is 354 g/mol. The highest BCUT2D eigenvalue weighted by Crippen LogP contribution is 2.16. The summed E-state index contributed by atoms with van der Waals surface area (Å²) in [6, 6.07) is 6.15. The molecular formula is C16H22N2O7. The van der Waals surface area contributed by atoms with Crippen molar-refractivity contribution in [3.8, 4) is 5.75 Å². The number of ether oxygens (including phenoxy) is 1. The number of amides is 1. The summed E-state index contributed by atoms with van der Waals surface area (Å²) >= 11 is 0.